The average Bonchev–Trinajstić information content (AvgIpc) is 3.02. The molecule has 4 aromatic rings. The molecule has 0 fully saturated rings. The van der Waals surface area contributed by atoms with Crippen LogP contribution in [0.4, 0.5) is 0 Å². The first-order valence-corrected chi connectivity index (χ1v) is 11.0. The smallest absolute Gasteiger partial charge is 0.420 e. The van der Waals surface area contributed by atoms with Crippen molar-refractivity contribution >= 4 is 17.0 Å². The molecule has 0 radical (unpaired) electrons. The van der Waals surface area contributed by atoms with Crippen LogP contribution in [0, 0.1) is 0 Å². The summed E-state index contributed by atoms with van der Waals surface area (Å²) in [5, 5.41) is 2.94. The quantitative estimate of drug-likeness (QED) is 0.495. The average molecular weight is 444 g/mol. The summed E-state index contributed by atoms with van der Waals surface area (Å²) in [6, 6.07) is 25.3. The lowest BCUT2D eigenvalue weighted by molar-refractivity contribution is -0.121. The zero-order chi connectivity index (χ0) is 22.6. The lowest BCUT2D eigenvalue weighted by atomic mass is 10.1. The molecule has 2 heterocycles. The lowest BCUT2D eigenvalue weighted by Gasteiger charge is -2.24. The van der Waals surface area contributed by atoms with Crippen molar-refractivity contribution in [1.29, 1.82) is 0 Å². The number of amides is 1. The molecule has 0 spiro atoms. The zero-order valence-corrected chi connectivity index (χ0v) is 18.1. The first-order chi connectivity index (χ1) is 16.2. The number of carbonyl (C=O) groups excluding carboxylic acids is 1. The molecule has 0 aliphatic carbocycles. The fourth-order valence-electron chi connectivity index (χ4n) is 4.21. The highest BCUT2D eigenvalue weighted by Gasteiger charge is 2.24. The number of nitrogens with zero attached hydrogens (tertiary/aromatic N) is 2. The van der Waals surface area contributed by atoms with E-state index in [9.17, 15) is 9.59 Å². The van der Waals surface area contributed by atoms with Crippen molar-refractivity contribution in [1.82, 2.24) is 14.8 Å². The van der Waals surface area contributed by atoms with Crippen LogP contribution < -0.4 is 15.8 Å². The monoisotopic (exact) mass is 443 g/mol. The molecule has 1 aliphatic rings. The number of fused-ring (bicyclic) bond motifs is 2. The fourth-order valence-corrected chi connectivity index (χ4v) is 4.21. The Kier molecular flexibility index (Phi) is 5.95. The summed E-state index contributed by atoms with van der Waals surface area (Å²) in [6.07, 6.45) is -0.0959. The highest BCUT2D eigenvalue weighted by molar-refractivity contribution is 5.79. The summed E-state index contributed by atoms with van der Waals surface area (Å²) in [5.41, 5.74) is 3.34. The van der Waals surface area contributed by atoms with E-state index in [0.29, 0.717) is 30.7 Å². The van der Waals surface area contributed by atoms with E-state index in [4.69, 9.17) is 9.15 Å². The Labute approximate surface area is 191 Å². The Balaban J connectivity index is 1.24. The molecule has 1 aliphatic heterocycles. The minimum absolute atomic E-state index is 0.0750. The van der Waals surface area contributed by atoms with Crippen LogP contribution in [0.25, 0.3) is 11.1 Å². The molecular formula is C26H25N3O4. The van der Waals surface area contributed by atoms with Crippen LogP contribution >= 0.6 is 0 Å². The summed E-state index contributed by atoms with van der Waals surface area (Å²) >= 11 is 0. The van der Waals surface area contributed by atoms with Crippen LogP contribution in [0.2, 0.25) is 0 Å². The molecule has 5 rings (SSSR count). The van der Waals surface area contributed by atoms with Gasteiger partial charge in [-0.3, -0.25) is 14.3 Å². The maximum Gasteiger partial charge on any atom is 0.420 e. The first kappa shape index (κ1) is 21.0. The summed E-state index contributed by atoms with van der Waals surface area (Å²) in [7, 11) is 0. The third kappa shape index (κ3) is 4.68. The normalized spacial score (nSPS) is 16.1. The van der Waals surface area contributed by atoms with Crippen LogP contribution in [0.5, 0.6) is 5.75 Å². The van der Waals surface area contributed by atoms with Gasteiger partial charge in [0.05, 0.1) is 5.52 Å². The van der Waals surface area contributed by atoms with Gasteiger partial charge in [-0.2, -0.15) is 0 Å². The number of hydrogen-bond donors (Lipinski definition) is 1. The minimum Gasteiger partial charge on any atom is -0.484 e. The topological polar surface area (TPSA) is 76.7 Å². The third-order valence-corrected chi connectivity index (χ3v) is 5.86. The molecule has 168 valence electrons. The van der Waals surface area contributed by atoms with Crippen LogP contribution in [0.15, 0.2) is 88.1 Å². The second kappa shape index (κ2) is 9.34. The molecule has 0 saturated heterocycles. The van der Waals surface area contributed by atoms with Crippen molar-refractivity contribution in [2.75, 3.05) is 19.6 Å². The molecule has 7 nitrogen and oxygen atoms in total. The van der Waals surface area contributed by atoms with Crippen molar-refractivity contribution in [2.45, 2.75) is 19.2 Å². The molecule has 7 heteroatoms. The molecule has 1 atom stereocenters. The van der Waals surface area contributed by atoms with E-state index < -0.39 is 5.76 Å². The standard InChI is InChI=1S/C26H25N3O4/c30-25(18-29-21-11-5-7-13-23(21)33-26(29)31)27-14-15-28-16-20-10-4-6-12-22(20)32-24(17-28)19-8-2-1-3-9-19/h1-13,24H,14-18H2,(H,27,30). The predicted octanol–water partition coefficient (Wildman–Crippen LogP) is 3.35. The van der Waals surface area contributed by atoms with Gasteiger partial charge in [0.2, 0.25) is 5.91 Å². The zero-order valence-electron chi connectivity index (χ0n) is 18.1. The second-order valence-electron chi connectivity index (χ2n) is 8.13. The number of oxazole rings is 1. The van der Waals surface area contributed by atoms with E-state index >= 15 is 0 Å². The van der Waals surface area contributed by atoms with E-state index in [1.165, 1.54) is 4.57 Å². The number of rotatable bonds is 6. The molecule has 0 bridgehead atoms. The van der Waals surface area contributed by atoms with Gasteiger partial charge in [-0.25, -0.2) is 4.79 Å². The number of para-hydroxylation sites is 3. The third-order valence-electron chi connectivity index (χ3n) is 5.86. The number of aromatic nitrogens is 1. The van der Waals surface area contributed by atoms with Gasteiger partial charge in [-0.05, 0) is 23.8 Å². The number of benzene rings is 3. The molecule has 1 aromatic heterocycles. The minimum atomic E-state index is -0.529. The Morgan fingerprint density at radius 2 is 1.73 bits per heavy atom. The SMILES string of the molecule is O=C(Cn1c(=O)oc2ccccc21)NCCN1Cc2ccccc2OC(c2ccccc2)C1. The number of nitrogens with one attached hydrogen (secondary N) is 1. The van der Waals surface area contributed by atoms with Crippen molar-refractivity contribution in [3.05, 3.63) is 101 Å². The molecule has 33 heavy (non-hydrogen) atoms. The Hall–Kier alpha value is -3.84. The van der Waals surface area contributed by atoms with Gasteiger partial charge in [0, 0.05) is 31.7 Å². The largest absolute Gasteiger partial charge is 0.484 e. The molecule has 0 saturated carbocycles. The lowest BCUT2D eigenvalue weighted by Crippen LogP contribution is -2.38. The highest BCUT2D eigenvalue weighted by atomic mass is 16.5. The van der Waals surface area contributed by atoms with Crippen molar-refractivity contribution < 1.29 is 13.9 Å². The van der Waals surface area contributed by atoms with Crippen molar-refractivity contribution in [2.24, 2.45) is 0 Å². The Bertz CT molecular complexity index is 1310. The molecule has 1 unspecified atom stereocenters. The predicted molar refractivity (Wildman–Crippen MR) is 125 cm³/mol. The van der Waals surface area contributed by atoms with Crippen LogP contribution in [0.3, 0.4) is 0 Å². The number of hydrogen-bond acceptors (Lipinski definition) is 5. The second-order valence-corrected chi connectivity index (χ2v) is 8.13. The number of ether oxygens (including phenoxy) is 1. The van der Waals surface area contributed by atoms with Gasteiger partial charge in [0.1, 0.15) is 18.4 Å². The van der Waals surface area contributed by atoms with E-state index in [1.807, 2.05) is 42.5 Å². The van der Waals surface area contributed by atoms with Crippen LogP contribution in [-0.2, 0) is 17.9 Å². The van der Waals surface area contributed by atoms with Gasteiger partial charge in [-0.1, -0.05) is 60.7 Å². The van der Waals surface area contributed by atoms with Crippen LogP contribution in [0.1, 0.15) is 17.2 Å². The van der Waals surface area contributed by atoms with Gasteiger partial charge in [-0.15, -0.1) is 0 Å². The Morgan fingerprint density at radius 3 is 2.61 bits per heavy atom. The first-order valence-electron chi connectivity index (χ1n) is 11.0. The van der Waals surface area contributed by atoms with E-state index in [1.54, 1.807) is 18.2 Å². The van der Waals surface area contributed by atoms with Crippen LogP contribution in [-0.4, -0.2) is 35.0 Å². The molecular weight excluding hydrogens is 418 g/mol. The molecule has 3 aromatic carbocycles. The van der Waals surface area contributed by atoms with Crippen molar-refractivity contribution in [3.63, 3.8) is 0 Å². The van der Waals surface area contributed by atoms with Gasteiger partial charge < -0.3 is 14.5 Å². The highest BCUT2D eigenvalue weighted by Crippen LogP contribution is 2.30. The number of carbonyl (C=O) groups is 1. The van der Waals surface area contributed by atoms with Gasteiger partial charge >= 0.3 is 5.76 Å². The maximum absolute atomic E-state index is 12.5. The molecule has 1 amide bonds. The van der Waals surface area contributed by atoms with Gasteiger partial charge in [0.25, 0.3) is 0 Å². The van der Waals surface area contributed by atoms with E-state index in [0.717, 1.165) is 23.4 Å². The van der Waals surface area contributed by atoms with E-state index in [2.05, 4.69) is 28.4 Å². The van der Waals surface area contributed by atoms with E-state index in [-0.39, 0.29) is 18.6 Å². The summed E-state index contributed by atoms with van der Waals surface area (Å²) in [6.45, 7) is 2.50. The van der Waals surface area contributed by atoms with Gasteiger partial charge in [0.15, 0.2) is 5.58 Å². The summed E-state index contributed by atoms with van der Waals surface area (Å²) in [5.74, 6) is 0.136. The molecule has 1 N–H and O–H groups in total. The van der Waals surface area contributed by atoms with Crippen molar-refractivity contribution in [3.8, 4) is 5.75 Å². The summed E-state index contributed by atoms with van der Waals surface area (Å²) in [4.78, 5) is 26.9. The summed E-state index contributed by atoms with van der Waals surface area (Å²) < 4.78 is 12.9. The fraction of sp³-hybridized carbons (Fsp3) is 0.231. The Morgan fingerprint density at radius 1 is 0.970 bits per heavy atom. The maximum atomic E-state index is 12.5.